The van der Waals surface area contributed by atoms with E-state index < -0.39 is 90.5 Å². The maximum Gasteiger partial charge on any atom is 0.327 e. The molecular formula is C32H41N13O11S. The number of H-pyrrole nitrogens is 1. The SMILES string of the molecule is NC(N)=NCCCC(NC(=O)CCC(NC(=O)c1ccc(NCc2cnc3nc(N)[nH]c(=O)c3n2)cc1)C(=O)O)C(=O)NC(CC(=O)O)C(=O)NC(CS)C(=O)O. The van der Waals surface area contributed by atoms with Crippen LogP contribution in [0, 0.1) is 0 Å². The molecule has 3 aromatic rings. The molecule has 1 aromatic carbocycles. The Hall–Kier alpha value is -7.05. The second kappa shape index (κ2) is 21.1. The number of nitrogens with one attached hydrogen (secondary N) is 6. The number of nitrogens with two attached hydrogens (primary N) is 3. The maximum absolute atomic E-state index is 13.3. The van der Waals surface area contributed by atoms with Crippen LogP contribution in [0.5, 0.6) is 0 Å². The van der Waals surface area contributed by atoms with E-state index in [2.05, 4.69) is 64.1 Å². The van der Waals surface area contributed by atoms with Gasteiger partial charge in [-0.2, -0.15) is 17.6 Å². The highest BCUT2D eigenvalue weighted by molar-refractivity contribution is 7.80. The molecule has 306 valence electrons. The Labute approximate surface area is 327 Å². The first-order valence-corrected chi connectivity index (χ1v) is 17.5. The Morgan fingerprint density at radius 2 is 1.49 bits per heavy atom. The number of nitrogens with zero attached hydrogens (tertiary/aromatic N) is 4. The monoisotopic (exact) mass is 815 g/mol. The van der Waals surface area contributed by atoms with Gasteiger partial charge >= 0.3 is 17.9 Å². The number of carboxylic acids is 3. The van der Waals surface area contributed by atoms with Crippen molar-refractivity contribution in [2.45, 2.75) is 62.8 Å². The lowest BCUT2D eigenvalue weighted by Gasteiger charge is -2.23. The van der Waals surface area contributed by atoms with Crippen LogP contribution >= 0.6 is 12.6 Å². The molecule has 24 nitrogen and oxygen atoms in total. The second-order valence-corrected chi connectivity index (χ2v) is 12.5. The summed E-state index contributed by atoms with van der Waals surface area (Å²) in [4.78, 5) is 117. The Balaban J connectivity index is 1.62. The number of amides is 4. The minimum atomic E-state index is -1.75. The Bertz CT molecular complexity index is 2060. The van der Waals surface area contributed by atoms with Crippen molar-refractivity contribution in [2.24, 2.45) is 16.5 Å². The van der Waals surface area contributed by atoms with Gasteiger partial charge in [0.2, 0.25) is 23.7 Å². The molecule has 0 spiro atoms. The smallest absolute Gasteiger partial charge is 0.327 e. The van der Waals surface area contributed by atoms with Gasteiger partial charge in [-0.05, 0) is 43.5 Å². The molecule has 4 amide bonds. The Morgan fingerprint density at radius 3 is 2.11 bits per heavy atom. The molecule has 0 saturated carbocycles. The van der Waals surface area contributed by atoms with E-state index in [0.717, 1.165) is 0 Å². The lowest BCUT2D eigenvalue weighted by molar-refractivity contribution is -0.143. The topological polar surface area (TPSA) is 402 Å². The van der Waals surface area contributed by atoms with E-state index in [4.69, 9.17) is 17.2 Å². The summed E-state index contributed by atoms with van der Waals surface area (Å²) >= 11 is 3.83. The number of aromatic amines is 1. The van der Waals surface area contributed by atoms with E-state index in [1.54, 1.807) is 0 Å². The summed E-state index contributed by atoms with van der Waals surface area (Å²) in [5.41, 5.74) is 16.7. The summed E-state index contributed by atoms with van der Waals surface area (Å²) < 4.78 is 0. The average molecular weight is 816 g/mol. The van der Waals surface area contributed by atoms with Crippen LogP contribution in [0.25, 0.3) is 11.2 Å². The molecule has 2 heterocycles. The summed E-state index contributed by atoms with van der Waals surface area (Å²) in [6.45, 7) is 0.158. The molecule has 57 heavy (non-hydrogen) atoms. The number of fused-ring (bicyclic) bond motifs is 1. The number of carboxylic acid groups (broad SMARTS) is 3. The first kappa shape index (κ1) is 44.3. The zero-order valence-electron chi connectivity index (χ0n) is 29.9. The molecule has 0 radical (unpaired) electrons. The van der Waals surface area contributed by atoms with Crippen LogP contribution in [-0.4, -0.2) is 119 Å². The maximum atomic E-state index is 13.3. The van der Waals surface area contributed by atoms with E-state index in [1.165, 1.54) is 30.5 Å². The van der Waals surface area contributed by atoms with Crippen molar-refractivity contribution in [1.82, 2.24) is 41.2 Å². The van der Waals surface area contributed by atoms with Gasteiger partial charge in [0, 0.05) is 30.0 Å². The molecule has 4 atom stereocenters. The summed E-state index contributed by atoms with van der Waals surface area (Å²) in [6, 6.07) is -0.312. The Kier molecular flexibility index (Phi) is 16.5. The van der Waals surface area contributed by atoms with Crippen molar-refractivity contribution in [3.05, 3.63) is 52.1 Å². The van der Waals surface area contributed by atoms with Gasteiger partial charge < -0.3 is 59.1 Å². The number of aliphatic imine (C=N–C) groups is 1. The summed E-state index contributed by atoms with van der Waals surface area (Å²) in [5.74, 6) is -8.88. The third-order valence-electron chi connectivity index (χ3n) is 7.78. The highest BCUT2D eigenvalue weighted by Gasteiger charge is 2.31. The van der Waals surface area contributed by atoms with Crippen LogP contribution < -0.4 is 49.3 Å². The average Bonchev–Trinajstić information content (AvgIpc) is 3.15. The fourth-order valence-corrected chi connectivity index (χ4v) is 5.16. The molecule has 25 heteroatoms. The highest BCUT2D eigenvalue weighted by Crippen LogP contribution is 2.13. The number of carbonyl (C=O) groups is 7. The molecule has 3 rings (SSSR count). The quantitative estimate of drug-likeness (QED) is 0.0206. The van der Waals surface area contributed by atoms with Gasteiger partial charge in [0.1, 0.15) is 24.2 Å². The molecule has 15 N–H and O–H groups in total. The van der Waals surface area contributed by atoms with Crippen LogP contribution in [0.15, 0.2) is 40.2 Å². The number of guanidine groups is 1. The molecule has 0 bridgehead atoms. The molecular weight excluding hydrogens is 774 g/mol. The fraction of sp³-hybridized carbons (Fsp3) is 0.375. The van der Waals surface area contributed by atoms with E-state index in [1.807, 2.05) is 0 Å². The van der Waals surface area contributed by atoms with Crippen molar-refractivity contribution in [1.29, 1.82) is 0 Å². The molecule has 0 aliphatic rings. The third kappa shape index (κ3) is 14.3. The van der Waals surface area contributed by atoms with Crippen LogP contribution in [-0.2, 0) is 35.3 Å². The van der Waals surface area contributed by atoms with Crippen molar-refractivity contribution in [3.8, 4) is 0 Å². The summed E-state index contributed by atoms with van der Waals surface area (Å²) in [7, 11) is 0. The summed E-state index contributed by atoms with van der Waals surface area (Å²) in [6.07, 6.45) is -0.479. The molecule has 0 saturated heterocycles. The largest absolute Gasteiger partial charge is 0.481 e. The number of benzene rings is 1. The molecule has 4 unspecified atom stereocenters. The van der Waals surface area contributed by atoms with Crippen molar-refractivity contribution < 1.29 is 48.9 Å². The van der Waals surface area contributed by atoms with E-state index in [-0.39, 0.29) is 60.3 Å². The lowest BCUT2D eigenvalue weighted by atomic mass is 10.1. The fourth-order valence-electron chi connectivity index (χ4n) is 4.92. The van der Waals surface area contributed by atoms with Gasteiger partial charge in [-0.3, -0.25) is 38.7 Å². The number of thiol groups is 1. The van der Waals surface area contributed by atoms with Crippen LogP contribution in [0.2, 0.25) is 0 Å². The Morgan fingerprint density at radius 1 is 0.842 bits per heavy atom. The first-order chi connectivity index (χ1) is 27.0. The minimum Gasteiger partial charge on any atom is -0.481 e. The van der Waals surface area contributed by atoms with Crippen molar-refractivity contribution >= 4 is 82.9 Å². The molecule has 0 aliphatic carbocycles. The lowest BCUT2D eigenvalue weighted by Crippen LogP contribution is -2.56. The number of hydrogen-bond donors (Lipinski definition) is 13. The number of rotatable bonds is 22. The number of anilines is 2. The number of nitrogen functional groups attached to an aromatic ring is 1. The zero-order chi connectivity index (χ0) is 42.2. The van der Waals surface area contributed by atoms with Crippen LogP contribution in [0.4, 0.5) is 11.6 Å². The number of aliphatic carboxylic acids is 3. The van der Waals surface area contributed by atoms with E-state index in [0.29, 0.717) is 11.4 Å². The first-order valence-electron chi connectivity index (χ1n) is 16.9. The third-order valence-corrected chi connectivity index (χ3v) is 8.14. The normalized spacial score (nSPS) is 12.9. The second-order valence-electron chi connectivity index (χ2n) is 12.1. The summed E-state index contributed by atoms with van der Waals surface area (Å²) in [5, 5.41) is 40.4. The predicted molar refractivity (Wildman–Crippen MR) is 204 cm³/mol. The number of carbonyl (C=O) groups excluding carboxylic acids is 4. The predicted octanol–water partition coefficient (Wildman–Crippen LogP) is -3.13. The molecule has 0 aliphatic heterocycles. The van der Waals surface area contributed by atoms with Gasteiger partial charge in [0.15, 0.2) is 17.1 Å². The van der Waals surface area contributed by atoms with Gasteiger partial charge in [0.25, 0.3) is 11.5 Å². The number of aromatic nitrogens is 4. The highest BCUT2D eigenvalue weighted by atomic mass is 32.1. The van der Waals surface area contributed by atoms with E-state index in [9.17, 15) is 53.7 Å². The van der Waals surface area contributed by atoms with Crippen LogP contribution in [0.1, 0.15) is 48.2 Å². The zero-order valence-corrected chi connectivity index (χ0v) is 30.8. The van der Waals surface area contributed by atoms with Gasteiger partial charge in [-0.1, -0.05) is 0 Å². The minimum absolute atomic E-state index is 0.00270. The van der Waals surface area contributed by atoms with Gasteiger partial charge in [-0.15, -0.1) is 0 Å². The van der Waals surface area contributed by atoms with E-state index >= 15 is 0 Å². The van der Waals surface area contributed by atoms with Crippen molar-refractivity contribution in [2.75, 3.05) is 23.3 Å². The standard InChI is InChI=1S/C32H41N13O11S/c33-31(34)36-9-1-2-17(26(50)42-19(10-22(47)48)27(51)43-20(13-57)30(55)56)40-21(46)8-7-18(29(53)54)41-25(49)14-3-5-15(6-4-14)37-11-16-12-38-24-23(39-16)28(52)45-32(35)44-24/h3-6,12,17-20,37,57H,1-2,7-11,13H2,(H,40,46)(H,41,49)(H,42,50)(H,43,51)(H,47,48)(H,53,54)(H,55,56)(H4,33,34,36)(H3,35,38,44,45,52). The van der Waals surface area contributed by atoms with Gasteiger partial charge in [0.05, 0.1) is 24.9 Å². The molecule has 2 aromatic heterocycles. The van der Waals surface area contributed by atoms with Crippen molar-refractivity contribution in [3.63, 3.8) is 0 Å². The molecule has 0 fully saturated rings. The van der Waals surface area contributed by atoms with Crippen LogP contribution in [0.3, 0.4) is 0 Å². The number of hydrogen-bond acceptors (Lipinski definition) is 15. The van der Waals surface area contributed by atoms with Gasteiger partial charge in [-0.25, -0.2) is 19.6 Å².